The van der Waals surface area contributed by atoms with E-state index in [2.05, 4.69) is 5.32 Å². The largest absolute Gasteiger partial charge is 0.480 e. The molecule has 1 amide bonds. The lowest BCUT2D eigenvalue weighted by Crippen LogP contribution is -2.57. The first-order chi connectivity index (χ1) is 8.08. The number of aliphatic carboxylic acids is 1. The topological polar surface area (TPSA) is 69.6 Å². The van der Waals surface area contributed by atoms with Crippen molar-refractivity contribution in [1.29, 1.82) is 0 Å². The molecule has 1 unspecified atom stereocenters. The smallest absolute Gasteiger partial charge is 0.328 e. The summed E-state index contributed by atoms with van der Waals surface area (Å²) in [6.07, 6.45) is 0. The first kappa shape index (κ1) is 11.7. The molecule has 90 valence electrons. The summed E-state index contributed by atoms with van der Waals surface area (Å²) in [4.78, 5) is 24.0. The van der Waals surface area contributed by atoms with Gasteiger partial charge in [0.25, 0.3) is 0 Å². The summed E-state index contributed by atoms with van der Waals surface area (Å²) in [5.74, 6) is -1.14. The summed E-state index contributed by atoms with van der Waals surface area (Å²) in [7, 11) is 0. The van der Waals surface area contributed by atoms with Crippen molar-refractivity contribution in [2.24, 2.45) is 0 Å². The Morgan fingerprint density at radius 1 is 1.41 bits per heavy atom. The lowest BCUT2D eigenvalue weighted by Gasteiger charge is -2.34. The fourth-order valence-corrected chi connectivity index (χ4v) is 1.89. The van der Waals surface area contributed by atoms with E-state index in [-0.39, 0.29) is 19.0 Å². The molecule has 5 nitrogen and oxygen atoms in total. The summed E-state index contributed by atoms with van der Waals surface area (Å²) in [6, 6.07) is 6.01. The molecule has 1 atom stereocenters. The molecule has 1 aliphatic rings. The van der Waals surface area contributed by atoms with E-state index in [4.69, 9.17) is 16.7 Å². The van der Waals surface area contributed by atoms with Gasteiger partial charge in [0.1, 0.15) is 6.04 Å². The lowest BCUT2D eigenvalue weighted by atomic mass is 10.1. The highest BCUT2D eigenvalue weighted by Crippen LogP contribution is 2.21. The van der Waals surface area contributed by atoms with Gasteiger partial charge in [0, 0.05) is 17.3 Å². The second-order valence-electron chi connectivity index (χ2n) is 3.76. The van der Waals surface area contributed by atoms with Gasteiger partial charge in [-0.05, 0) is 24.3 Å². The molecule has 0 radical (unpaired) electrons. The predicted molar refractivity (Wildman–Crippen MR) is 63.2 cm³/mol. The monoisotopic (exact) mass is 254 g/mol. The molecule has 2 rings (SSSR count). The van der Waals surface area contributed by atoms with E-state index in [1.165, 1.54) is 0 Å². The minimum atomic E-state index is -0.958. The first-order valence-corrected chi connectivity index (χ1v) is 5.47. The number of piperazine rings is 1. The normalized spacial score (nSPS) is 19.9. The van der Waals surface area contributed by atoms with Crippen LogP contribution in [0.4, 0.5) is 5.69 Å². The molecule has 0 bridgehead atoms. The van der Waals surface area contributed by atoms with E-state index in [9.17, 15) is 9.59 Å². The zero-order chi connectivity index (χ0) is 12.4. The van der Waals surface area contributed by atoms with E-state index in [1.807, 2.05) is 0 Å². The fraction of sp³-hybridized carbons (Fsp3) is 0.273. The Hall–Kier alpha value is -1.75. The lowest BCUT2D eigenvalue weighted by molar-refractivity contribution is -0.139. The van der Waals surface area contributed by atoms with E-state index in [0.717, 1.165) is 0 Å². The third-order valence-electron chi connectivity index (χ3n) is 2.63. The van der Waals surface area contributed by atoms with Crippen LogP contribution in [0.1, 0.15) is 0 Å². The number of halogens is 1. The summed E-state index contributed by atoms with van der Waals surface area (Å²) < 4.78 is 0. The Morgan fingerprint density at radius 3 is 2.65 bits per heavy atom. The van der Waals surface area contributed by atoms with Crippen molar-refractivity contribution >= 4 is 29.2 Å². The maximum absolute atomic E-state index is 11.3. The van der Waals surface area contributed by atoms with Gasteiger partial charge in [0.05, 0.1) is 6.54 Å². The molecular formula is C11H11ClN2O3. The number of carbonyl (C=O) groups excluding carboxylic acids is 1. The summed E-state index contributed by atoms with van der Waals surface area (Å²) in [5, 5.41) is 12.2. The number of carbonyl (C=O) groups is 2. The average Bonchev–Trinajstić information content (AvgIpc) is 2.29. The van der Waals surface area contributed by atoms with Gasteiger partial charge >= 0.3 is 5.97 Å². The maximum Gasteiger partial charge on any atom is 0.328 e. The zero-order valence-corrected chi connectivity index (χ0v) is 9.65. The number of anilines is 1. The van der Waals surface area contributed by atoms with E-state index in [0.29, 0.717) is 10.7 Å². The van der Waals surface area contributed by atoms with E-state index >= 15 is 0 Å². The van der Waals surface area contributed by atoms with E-state index in [1.54, 1.807) is 29.2 Å². The number of carboxylic acid groups (broad SMARTS) is 1. The Labute approximate surface area is 103 Å². The molecule has 17 heavy (non-hydrogen) atoms. The fourth-order valence-electron chi connectivity index (χ4n) is 1.77. The summed E-state index contributed by atoms with van der Waals surface area (Å²) in [5.41, 5.74) is 0.677. The van der Waals surface area contributed by atoms with Crippen LogP contribution >= 0.6 is 11.6 Å². The number of rotatable bonds is 2. The minimum Gasteiger partial charge on any atom is -0.480 e. The van der Waals surface area contributed by atoms with Crippen molar-refractivity contribution in [2.75, 3.05) is 18.0 Å². The van der Waals surface area contributed by atoms with Crippen LogP contribution in [-0.2, 0) is 9.59 Å². The molecule has 1 aliphatic heterocycles. The number of hydrogen-bond donors (Lipinski definition) is 2. The molecule has 1 heterocycles. The molecule has 0 aromatic heterocycles. The zero-order valence-electron chi connectivity index (χ0n) is 8.89. The number of nitrogens with zero attached hydrogens (tertiary/aromatic N) is 1. The molecule has 0 aliphatic carbocycles. The van der Waals surface area contributed by atoms with Crippen LogP contribution in [-0.4, -0.2) is 36.1 Å². The van der Waals surface area contributed by atoms with Gasteiger partial charge in [-0.15, -0.1) is 0 Å². The van der Waals surface area contributed by atoms with Gasteiger partial charge in [-0.2, -0.15) is 0 Å². The van der Waals surface area contributed by atoms with Crippen LogP contribution in [0.5, 0.6) is 0 Å². The Balaban J connectivity index is 2.28. The van der Waals surface area contributed by atoms with Crippen LogP contribution in [0.3, 0.4) is 0 Å². The molecule has 0 saturated carbocycles. The highest BCUT2D eigenvalue weighted by atomic mass is 35.5. The van der Waals surface area contributed by atoms with Crippen molar-refractivity contribution in [3.63, 3.8) is 0 Å². The number of amides is 1. The van der Waals surface area contributed by atoms with Gasteiger partial charge in [0.2, 0.25) is 5.91 Å². The third kappa shape index (κ3) is 2.50. The molecule has 2 N–H and O–H groups in total. The third-order valence-corrected chi connectivity index (χ3v) is 2.88. The van der Waals surface area contributed by atoms with Crippen molar-refractivity contribution in [2.45, 2.75) is 6.04 Å². The van der Waals surface area contributed by atoms with Crippen molar-refractivity contribution in [3.05, 3.63) is 29.3 Å². The van der Waals surface area contributed by atoms with Crippen molar-refractivity contribution in [1.82, 2.24) is 5.32 Å². The highest BCUT2D eigenvalue weighted by Gasteiger charge is 2.31. The summed E-state index contributed by atoms with van der Waals surface area (Å²) in [6.45, 7) is 0.148. The number of benzene rings is 1. The molecule has 1 saturated heterocycles. The van der Waals surface area contributed by atoms with Crippen LogP contribution in [0.2, 0.25) is 5.02 Å². The quantitative estimate of drug-likeness (QED) is 0.816. The SMILES string of the molecule is O=C1CN(c2ccc(Cl)cc2)C(C(=O)O)CN1. The first-order valence-electron chi connectivity index (χ1n) is 5.09. The predicted octanol–water partition coefficient (Wildman–Crippen LogP) is 0.729. The molecule has 1 fully saturated rings. The van der Waals surface area contributed by atoms with Crippen LogP contribution in [0.25, 0.3) is 0 Å². The number of hydrogen-bond acceptors (Lipinski definition) is 3. The van der Waals surface area contributed by atoms with Crippen LogP contribution in [0, 0.1) is 0 Å². The van der Waals surface area contributed by atoms with Crippen LogP contribution < -0.4 is 10.2 Å². The number of carboxylic acids is 1. The van der Waals surface area contributed by atoms with Gasteiger partial charge in [-0.1, -0.05) is 11.6 Å². The molecule has 0 spiro atoms. The average molecular weight is 255 g/mol. The summed E-state index contributed by atoms with van der Waals surface area (Å²) >= 11 is 5.76. The minimum absolute atomic E-state index is 0.0403. The molecule has 6 heteroatoms. The number of nitrogens with one attached hydrogen (secondary N) is 1. The molecule has 1 aromatic carbocycles. The Morgan fingerprint density at radius 2 is 2.06 bits per heavy atom. The van der Waals surface area contributed by atoms with Crippen molar-refractivity contribution in [3.8, 4) is 0 Å². The standard InChI is InChI=1S/C11H11ClN2O3/c12-7-1-3-8(4-2-7)14-6-10(15)13-5-9(14)11(16)17/h1-4,9H,5-6H2,(H,13,15)(H,16,17). The Bertz CT molecular complexity index is 447. The van der Waals surface area contributed by atoms with Gasteiger partial charge in [0.15, 0.2) is 0 Å². The molecule has 1 aromatic rings. The second-order valence-corrected chi connectivity index (χ2v) is 4.20. The van der Waals surface area contributed by atoms with Crippen molar-refractivity contribution < 1.29 is 14.7 Å². The van der Waals surface area contributed by atoms with E-state index < -0.39 is 12.0 Å². The Kier molecular flexibility index (Phi) is 3.19. The van der Waals surface area contributed by atoms with Gasteiger partial charge < -0.3 is 15.3 Å². The molecular weight excluding hydrogens is 244 g/mol. The maximum atomic E-state index is 11.3. The van der Waals surface area contributed by atoms with Gasteiger partial charge in [-0.3, -0.25) is 4.79 Å². The van der Waals surface area contributed by atoms with Crippen LogP contribution in [0.15, 0.2) is 24.3 Å². The van der Waals surface area contributed by atoms with Gasteiger partial charge in [-0.25, -0.2) is 4.79 Å². The highest BCUT2D eigenvalue weighted by molar-refractivity contribution is 6.30. The second kappa shape index (κ2) is 4.63.